The molecule has 0 fully saturated rings. The van der Waals surface area contributed by atoms with Gasteiger partial charge in [0.05, 0.1) is 4.92 Å². The molecule has 0 saturated heterocycles. The number of hydrogen-bond donors (Lipinski definition) is 2. The van der Waals surface area contributed by atoms with Crippen LogP contribution < -0.4 is 0 Å². The first-order chi connectivity index (χ1) is 8.97. The number of phenolic OH excluding ortho intramolecular Hbond substituents is 1. The van der Waals surface area contributed by atoms with E-state index < -0.39 is 10.9 Å². The third-order valence-electron chi connectivity index (χ3n) is 2.13. The predicted octanol–water partition coefficient (Wildman–Crippen LogP) is 3.21. The highest BCUT2D eigenvalue weighted by atomic mass is 32.2. The topological polar surface area (TPSA) is 101 Å². The summed E-state index contributed by atoms with van der Waals surface area (Å²) in [5.74, 6) is -1.10. The molecular weight excluding hydrogens is 290 g/mol. The second-order valence-corrected chi connectivity index (χ2v) is 5.84. The first-order valence-electron chi connectivity index (χ1n) is 4.96. The molecule has 0 saturated carbocycles. The lowest BCUT2D eigenvalue weighted by Gasteiger charge is -1.98. The second kappa shape index (κ2) is 5.29. The van der Waals surface area contributed by atoms with Gasteiger partial charge in [-0.1, -0.05) is 11.8 Å². The van der Waals surface area contributed by atoms with E-state index >= 15 is 0 Å². The smallest absolute Gasteiger partial charge is 0.346 e. The van der Waals surface area contributed by atoms with E-state index in [9.17, 15) is 14.9 Å². The maximum Gasteiger partial charge on any atom is 0.346 e. The van der Waals surface area contributed by atoms with E-state index in [2.05, 4.69) is 0 Å². The van der Waals surface area contributed by atoms with Crippen molar-refractivity contribution in [3.05, 3.63) is 45.3 Å². The normalized spacial score (nSPS) is 10.3. The van der Waals surface area contributed by atoms with E-state index in [0.29, 0.717) is 9.10 Å². The Morgan fingerprint density at radius 2 is 1.95 bits per heavy atom. The number of hydrogen-bond acceptors (Lipinski definition) is 6. The number of aromatic carboxylic acids is 1. The molecule has 0 aliphatic carbocycles. The van der Waals surface area contributed by atoms with Crippen molar-refractivity contribution in [2.45, 2.75) is 9.10 Å². The molecule has 2 N–H and O–H groups in total. The lowest BCUT2D eigenvalue weighted by atomic mass is 10.3. The Bertz CT molecular complexity index is 635. The van der Waals surface area contributed by atoms with Gasteiger partial charge in [-0.25, -0.2) is 4.79 Å². The van der Waals surface area contributed by atoms with Gasteiger partial charge in [0.2, 0.25) is 0 Å². The summed E-state index contributed by atoms with van der Waals surface area (Å²) in [6, 6.07) is 7.17. The van der Waals surface area contributed by atoms with E-state index in [1.807, 2.05) is 0 Å². The van der Waals surface area contributed by atoms with Gasteiger partial charge in [-0.15, -0.1) is 11.3 Å². The van der Waals surface area contributed by atoms with Crippen LogP contribution in [0.15, 0.2) is 39.4 Å². The first kappa shape index (κ1) is 13.4. The molecule has 0 spiro atoms. The largest absolute Gasteiger partial charge is 0.508 e. The van der Waals surface area contributed by atoms with Gasteiger partial charge >= 0.3 is 5.97 Å². The molecule has 19 heavy (non-hydrogen) atoms. The van der Waals surface area contributed by atoms with Crippen molar-refractivity contribution in [3.8, 4) is 5.75 Å². The fourth-order valence-corrected chi connectivity index (χ4v) is 3.44. The summed E-state index contributed by atoms with van der Waals surface area (Å²) in [6.45, 7) is 0. The zero-order chi connectivity index (χ0) is 14.0. The van der Waals surface area contributed by atoms with Gasteiger partial charge in [0.1, 0.15) is 14.8 Å². The number of carbonyl (C=O) groups is 1. The minimum absolute atomic E-state index is 0.0759. The van der Waals surface area contributed by atoms with Crippen LogP contribution in [0.4, 0.5) is 5.69 Å². The van der Waals surface area contributed by atoms with Crippen LogP contribution in [0, 0.1) is 10.1 Å². The number of thiophene rings is 1. The minimum Gasteiger partial charge on any atom is -0.508 e. The highest BCUT2D eigenvalue weighted by Gasteiger charge is 2.22. The van der Waals surface area contributed by atoms with Crippen molar-refractivity contribution in [1.82, 2.24) is 0 Å². The predicted molar refractivity (Wildman–Crippen MR) is 70.2 cm³/mol. The maximum absolute atomic E-state index is 10.9. The molecule has 1 aromatic carbocycles. The number of aromatic hydroxyl groups is 1. The molecule has 6 nitrogen and oxygen atoms in total. The summed E-state index contributed by atoms with van der Waals surface area (Å²) in [6.07, 6.45) is 0. The molecule has 1 heterocycles. The zero-order valence-corrected chi connectivity index (χ0v) is 10.9. The summed E-state index contributed by atoms with van der Waals surface area (Å²) < 4.78 is 0.299. The first-order valence-corrected chi connectivity index (χ1v) is 6.59. The van der Waals surface area contributed by atoms with Gasteiger partial charge in [0.15, 0.2) is 0 Å². The SMILES string of the molecule is O=C(O)c1cc([N+](=O)[O-])c(Sc2ccc(O)cc2)s1. The van der Waals surface area contributed by atoms with E-state index in [-0.39, 0.29) is 16.3 Å². The Kier molecular flexibility index (Phi) is 3.72. The molecule has 98 valence electrons. The highest BCUT2D eigenvalue weighted by Crippen LogP contribution is 2.41. The van der Waals surface area contributed by atoms with Crippen molar-refractivity contribution in [3.63, 3.8) is 0 Å². The van der Waals surface area contributed by atoms with Crippen LogP contribution in [-0.2, 0) is 0 Å². The third kappa shape index (κ3) is 3.04. The average molecular weight is 297 g/mol. The van der Waals surface area contributed by atoms with Crippen LogP contribution in [-0.4, -0.2) is 21.1 Å². The second-order valence-electron chi connectivity index (χ2n) is 3.44. The van der Waals surface area contributed by atoms with Crippen molar-refractivity contribution in [2.24, 2.45) is 0 Å². The Hall–Kier alpha value is -2.06. The molecule has 0 amide bonds. The minimum atomic E-state index is -1.19. The Labute approximate surface area is 115 Å². The molecular formula is C11H7NO5S2. The number of rotatable bonds is 4. The van der Waals surface area contributed by atoms with Crippen molar-refractivity contribution in [2.75, 3.05) is 0 Å². The molecule has 2 rings (SSSR count). The molecule has 0 aliphatic rings. The van der Waals surface area contributed by atoms with Gasteiger partial charge in [-0.2, -0.15) is 0 Å². The number of carboxylic acids is 1. The van der Waals surface area contributed by atoms with Gasteiger partial charge in [0, 0.05) is 11.0 Å². The molecule has 2 aromatic rings. The van der Waals surface area contributed by atoms with Crippen LogP contribution >= 0.6 is 23.1 Å². The number of nitrogens with zero attached hydrogens (tertiary/aromatic N) is 1. The van der Waals surface area contributed by atoms with Gasteiger partial charge in [-0.3, -0.25) is 10.1 Å². The number of carboxylic acid groups (broad SMARTS) is 1. The average Bonchev–Trinajstić information content (AvgIpc) is 2.76. The lowest BCUT2D eigenvalue weighted by molar-refractivity contribution is -0.387. The van der Waals surface area contributed by atoms with Crippen molar-refractivity contribution < 1.29 is 19.9 Å². The van der Waals surface area contributed by atoms with Crippen LogP contribution in [0.3, 0.4) is 0 Å². The van der Waals surface area contributed by atoms with Crippen molar-refractivity contribution >= 4 is 34.8 Å². The summed E-state index contributed by atoms with van der Waals surface area (Å²) in [5, 5.41) is 28.9. The fraction of sp³-hybridized carbons (Fsp3) is 0. The van der Waals surface area contributed by atoms with Crippen LogP contribution in [0.2, 0.25) is 0 Å². The molecule has 0 aliphatic heterocycles. The summed E-state index contributed by atoms with van der Waals surface area (Å²) in [5.41, 5.74) is -0.222. The molecule has 0 radical (unpaired) electrons. The molecule has 0 bridgehead atoms. The van der Waals surface area contributed by atoms with E-state index in [1.165, 1.54) is 12.1 Å². The summed E-state index contributed by atoms with van der Waals surface area (Å²) in [4.78, 5) is 21.7. The van der Waals surface area contributed by atoms with Gasteiger partial charge < -0.3 is 10.2 Å². The molecule has 0 atom stereocenters. The summed E-state index contributed by atoms with van der Waals surface area (Å²) >= 11 is 1.95. The molecule has 8 heteroatoms. The highest BCUT2D eigenvalue weighted by molar-refractivity contribution is 8.01. The van der Waals surface area contributed by atoms with Crippen LogP contribution in [0.25, 0.3) is 0 Å². The van der Waals surface area contributed by atoms with Crippen LogP contribution in [0.5, 0.6) is 5.75 Å². The fourth-order valence-electron chi connectivity index (χ4n) is 1.29. The quantitative estimate of drug-likeness (QED) is 0.663. The standard InChI is InChI=1S/C11H7NO5S2/c13-6-1-3-7(4-2-6)18-11-8(12(16)17)5-9(19-11)10(14)15/h1-5,13H,(H,14,15). The maximum atomic E-state index is 10.9. The summed E-state index contributed by atoms with van der Waals surface area (Å²) in [7, 11) is 0. The van der Waals surface area contributed by atoms with Gasteiger partial charge in [-0.05, 0) is 24.3 Å². The zero-order valence-electron chi connectivity index (χ0n) is 9.27. The van der Waals surface area contributed by atoms with E-state index in [0.717, 1.165) is 29.2 Å². The number of nitro groups is 1. The van der Waals surface area contributed by atoms with E-state index in [1.54, 1.807) is 12.1 Å². The molecule has 0 unspecified atom stereocenters. The van der Waals surface area contributed by atoms with E-state index in [4.69, 9.17) is 10.2 Å². The Balaban J connectivity index is 2.35. The molecule has 1 aromatic heterocycles. The Morgan fingerprint density at radius 3 is 2.47 bits per heavy atom. The van der Waals surface area contributed by atoms with Gasteiger partial charge in [0.25, 0.3) is 5.69 Å². The monoisotopic (exact) mass is 297 g/mol. The van der Waals surface area contributed by atoms with Crippen molar-refractivity contribution in [1.29, 1.82) is 0 Å². The number of phenols is 1. The van der Waals surface area contributed by atoms with Crippen LogP contribution in [0.1, 0.15) is 9.67 Å². The number of benzene rings is 1. The lowest BCUT2D eigenvalue weighted by Crippen LogP contribution is -1.91. The third-order valence-corrected chi connectivity index (χ3v) is 4.44. The Morgan fingerprint density at radius 1 is 1.32 bits per heavy atom.